The van der Waals surface area contributed by atoms with Gasteiger partial charge >= 0.3 is 5.97 Å². The Hall–Kier alpha value is -2.64. The number of aromatic nitrogens is 1. The second-order valence-electron chi connectivity index (χ2n) is 6.76. The number of likely N-dealkylation sites (tertiary alicyclic amines) is 1. The number of thiazole rings is 1. The number of carboxylic acids is 1. The Morgan fingerprint density at radius 2 is 2.07 bits per heavy atom. The lowest BCUT2D eigenvalue weighted by Crippen LogP contribution is -2.39. The van der Waals surface area contributed by atoms with Gasteiger partial charge in [0.25, 0.3) is 0 Å². The summed E-state index contributed by atoms with van der Waals surface area (Å²) in [5.41, 5.74) is 1.82. The van der Waals surface area contributed by atoms with Crippen molar-refractivity contribution in [3.8, 4) is 11.5 Å². The molecule has 146 valence electrons. The Bertz CT molecular complexity index is 970. The number of carboxylic acid groups (broad SMARTS) is 1. The van der Waals surface area contributed by atoms with Crippen LogP contribution in [-0.4, -0.2) is 47.8 Å². The van der Waals surface area contributed by atoms with Gasteiger partial charge in [0, 0.05) is 18.2 Å². The molecule has 1 N–H and O–H groups in total. The number of aliphatic carboxylic acids is 1. The van der Waals surface area contributed by atoms with E-state index in [0.29, 0.717) is 24.5 Å². The maximum atomic E-state index is 11.9. The lowest BCUT2D eigenvalue weighted by atomic mass is 10.0. The van der Waals surface area contributed by atoms with Crippen molar-refractivity contribution in [3.05, 3.63) is 53.0 Å². The fraction of sp³-hybridized carbons (Fsp3) is 0.333. The number of nitrogens with zero attached hydrogens (tertiary/aromatic N) is 2. The van der Waals surface area contributed by atoms with Crippen molar-refractivity contribution in [1.29, 1.82) is 0 Å². The minimum atomic E-state index is -0.795. The molecule has 1 fully saturated rings. The van der Waals surface area contributed by atoms with Gasteiger partial charge in [-0.25, -0.2) is 4.98 Å². The average Bonchev–Trinajstić information content (AvgIpc) is 3.35. The topological polar surface area (TPSA) is 71.9 Å². The van der Waals surface area contributed by atoms with Crippen LogP contribution in [0.3, 0.4) is 0 Å². The van der Waals surface area contributed by atoms with Gasteiger partial charge in [-0.05, 0) is 37.1 Å². The maximum absolute atomic E-state index is 11.9. The third kappa shape index (κ3) is 3.31. The van der Waals surface area contributed by atoms with E-state index in [1.54, 1.807) is 25.6 Å². The van der Waals surface area contributed by atoms with Gasteiger partial charge in [-0.3, -0.25) is 9.69 Å². The molecule has 2 unspecified atom stereocenters. The van der Waals surface area contributed by atoms with Crippen molar-refractivity contribution in [2.75, 3.05) is 20.8 Å². The number of ether oxygens (including phenoxy) is 2. The number of hydrogen-bond acceptors (Lipinski definition) is 6. The van der Waals surface area contributed by atoms with Crippen LogP contribution in [0.15, 0.2) is 42.5 Å². The van der Waals surface area contributed by atoms with Gasteiger partial charge < -0.3 is 14.6 Å². The van der Waals surface area contributed by atoms with Crippen molar-refractivity contribution in [2.45, 2.75) is 24.9 Å². The molecule has 1 aliphatic rings. The molecule has 28 heavy (non-hydrogen) atoms. The van der Waals surface area contributed by atoms with E-state index in [4.69, 9.17) is 14.5 Å². The highest BCUT2D eigenvalue weighted by molar-refractivity contribution is 7.18. The fourth-order valence-electron chi connectivity index (χ4n) is 3.87. The normalized spacial score (nSPS) is 18.3. The van der Waals surface area contributed by atoms with Crippen molar-refractivity contribution in [1.82, 2.24) is 9.88 Å². The summed E-state index contributed by atoms with van der Waals surface area (Å²) in [6, 6.07) is 12.8. The smallest absolute Gasteiger partial charge is 0.320 e. The minimum absolute atomic E-state index is 0.290. The van der Waals surface area contributed by atoms with Crippen LogP contribution in [0.2, 0.25) is 0 Å². The Morgan fingerprint density at radius 3 is 2.79 bits per heavy atom. The second-order valence-corrected chi connectivity index (χ2v) is 7.83. The van der Waals surface area contributed by atoms with E-state index in [1.165, 1.54) is 0 Å². The number of methoxy groups -OCH3 is 2. The quantitative estimate of drug-likeness (QED) is 0.678. The highest BCUT2D eigenvalue weighted by Crippen LogP contribution is 2.42. The molecule has 4 rings (SSSR count). The largest absolute Gasteiger partial charge is 0.497 e. The molecule has 1 saturated heterocycles. The molecule has 6 nitrogen and oxygen atoms in total. The van der Waals surface area contributed by atoms with Crippen LogP contribution in [0.4, 0.5) is 0 Å². The molecule has 0 aliphatic carbocycles. The van der Waals surface area contributed by atoms with Crippen LogP contribution in [0.5, 0.6) is 11.5 Å². The monoisotopic (exact) mass is 398 g/mol. The zero-order valence-corrected chi connectivity index (χ0v) is 16.6. The maximum Gasteiger partial charge on any atom is 0.320 e. The molecule has 0 radical (unpaired) electrons. The first-order chi connectivity index (χ1) is 13.6. The van der Waals surface area contributed by atoms with Crippen molar-refractivity contribution in [2.24, 2.45) is 0 Å². The summed E-state index contributed by atoms with van der Waals surface area (Å²) >= 11 is 1.60. The van der Waals surface area contributed by atoms with E-state index in [9.17, 15) is 9.90 Å². The highest BCUT2D eigenvalue weighted by Gasteiger charge is 2.39. The lowest BCUT2D eigenvalue weighted by molar-refractivity contribution is -0.142. The van der Waals surface area contributed by atoms with Gasteiger partial charge in [0.1, 0.15) is 22.5 Å². The Balaban J connectivity index is 1.88. The molecule has 2 atom stereocenters. The number of benzene rings is 2. The highest BCUT2D eigenvalue weighted by atomic mass is 32.1. The zero-order valence-electron chi connectivity index (χ0n) is 15.8. The van der Waals surface area contributed by atoms with Crippen molar-refractivity contribution >= 4 is 27.5 Å². The molecule has 0 amide bonds. The number of carbonyl (C=O) groups is 1. The molecule has 0 bridgehead atoms. The van der Waals surface area contributed by atoms with Crippen LogP contribution in [-0.2, 0) is 4.79 Å². The molecule has 0 spiro atoms. The van der Waals surface area contributed by atoms with Crippen LogP contribution >= 0.6 is 11.3 Å². The second kappa shape index (κ2) is 7.77. The summed E-state index contributed by atoms with van der Waals surface area (Å²) in [5, 5.41) is 10.6. The van der Waals surface area contributed by atoms with Crippen LogP contribution in [0.25, 0.3) is 10.2 Å². The minimum Gasteiger partial charge on any atom is -0.497 e. The first kappa shape index (κ1) is 18.7. The van der Waals surface area contributed by atoms with Crippen LogP contribution in [0, 0.1) is 0 Å². The number of hydrogen-bond donors (Lipinski definition) is 1. The standard InChI is InChI=1S/C21H22N2O4S/c1-26-13-9-10-14(17(12-13)27-2)19(23-11-5-7-16(23)21(24)25)20-22-15-6-3-4-8-18(15)28-20/h3-4,6,8-10,12,16,19H,5,7,11H2,1-2H3,(H,24,25). The zero-order chi connectivity index (χ0) is 19.7. The fourth-order valence-corrected chi connectivity index (χ4v) is 4.98. The summed E-state index contributed by atoms with van der Waals surface area (Å²) in [7, 11) is 3.23. The molecule has 2 heterocycles. The molecule has 1 aliphatic heterocycles. The Morgan fingerprint density at radius 1 is 1.25 bits per heavy atom. The number of rotatable bonds is 6. The molecular formula is C21H22N2O4S. The third-order valence-corrected chi connectivity index (χ3v) is 6.28. The summed E-state index contributed by atoms with van der Waals surface area (Å²) in [5.74, 6) is 0.565. The molecule has 0 saturated carbocycles. The van der Waals surface area contributed by atoms with E-state index in [1.807, 2.05) is 47.4 Å². The molecule has 7 heteroatoms. The first-order valence-electron chi connectivity index (χ1n) is 9.18. The first-order valence-corrected chi connectivity index (χ1v) is 10.00. The van der Waals surface area contributed by atoms with E-state index < -0.39 is 12.0 Å². The summed E-state index contributed by atoms with van der Waals surface area (Å²) in [4.78, 5) is 18.8. The number of fused-ring (bicyclic) bond motifs is 1. The Kier molecular flexibility index (Phi) is 5.19. The Labute approximate surface area is 167 Å². The predicted molar refractivity (Wildman–Crippen MR) is 108 cm³/mol. The van der Waals surface area contributed by atoms with Gasteiger partial charge in [0.15, 0.2) is 0 Å². The van der Waals surface area contributed by atoms with Gasteiger partial charge in [-0.1, -0.05) is 12.1 Å². The van der Waals surface area contributed by atoms with Crippen LogP contribution < -0.4 is 9.47 Å². The van der Waals surface area contributed by atoms with Gasteiger partial charge in [0.05, 0.1) is 30.5 Å². The lowest BCUT2D eigenvalue weighted by Gasteiger charge is -2.31. The molecule has 3 aromatic rings. The molecule has 2 aromatic carbocycles. The summed E-state index contributed by atoms with van der Waals surface area (Å²) in [6.45, 7) is 0.701. The van der Waals surface area contributed by atoms with E-state index in [2.05, 4.69) is 0 Å². The SMILES string of the molecule is COc1ccc(C(c2nc3ccccc3s2)N2CCCC2C(=O)O)c(OC)c1. The van der Waals surface area contributed by atoms with Crippen LogP contribution in [0.1, 0.15) is 29.5 Å². The predicted octanol–water partition coefficient (Wildman–Crippen LogP) is 3.95. The summed E-state index contributed by atoms with van der Waals surface area (Å²) in [6.07, 6.45) is 1.48. The molecule has 1 aromatic heterocycles. The molecular weight excluding hydrogens is 376 g/mol. The third-order valence-electron chi connectivity index (χ3n) is 5.19. The van der Waals surface area contributed by atoms with Crippen molar-refractivity contribution in [3.63, 3.8) is 0 Å². The number of para-hydroxylation sites is 1. The van der Waals surface area contributed by atoms with Gasteiger partial charge in [-0.2, -0.15) is 0 Å². The summed E-state index contributed by atoms with van der Waals surface area (Å²) < 4.78 is 12.1. The van der Waals surface area contributed by atoms with E-state index in [0.717, 1.165) is 27.2 Å². The average molecular weight is 398 g/mol. The van der Waals surface area contributed by atoms with Crippen molar-refractivity contribution < 1.29 is 19.4 Å². The van der Waals surface area contributed by atoms with Gasteiger partial charge in [0.2, 0.25) is 0 Å². The van der Waals surface area contributed by atoms with E-state index in [-0.39, 0.29) is 6.04 Å². The van der Waals surface area contributed by atoms with Gasteiger partial charge in [-0.15, -0.1) is 11.3 Å². The van der Waals surface area contributed by atoms with E-state index >= 15 is 0 Å².